The van der Waals surface area contributed by atoms with Crippen molar-refractivity contribution in [1.82, 2.24) is 4.90 Å². The number of carbonyl (C=O) groups is 3. The van der Waals surface area contributed by atoms with Gasteiger partial charge in [0.05, 0.1) is 17.9 Å². The van der Waals surface area contributed by atoms with Crippen LogP contribution in [0, 0.1) is 0 Å². The van der Waals surface area contributed by atoms with E-state index in [9.17, 15) is 14.4 Å². The summed E-state index contributed by atoms with van der Waals surface area (Å²) in [6.07, 6.45) is 4.34. The summed E-state index contributed by atoms with van der Waals surface area (Å²) in [6.45, 7) is 4.37. The monoisotopic (exact) mass is 356 g/mol. The third-order valence-electron chi connectivity index (χ3n) is 3.90. The molecule has 0 radical (unpaired) electrons. The molecule has 0 aromatic rings. The van der Waals surface area contributed by atoms with Gasteiger partial charge in [0.2, 0.25) is 0 Å². The number of rotatable bonds is 4. The molecule has 9 heteroatoms. The van der Waals surface area contributed by atoms with E-state index in [1.165, 1.54) is 0 Å². The van der Waals surface area contributed by atoms with Crippen LogP contribution in [0.1, 0.15) is 32.6 Å². The molecule has 0 bridgehead atoms. The van der Waals surface area contributed by atoms with Gasteiger partial charge in [0.15, 0.2) is 0 Å². The van der Waals surface area contributed by atoms with Gasteiger partial charge in [-0.1, -0.05) is 12.1 Å². The first-order chi connectivity index (χ1) is 11.8. The number of likely N-dealkylation sites (tertiary alicyclic amines) is 1. The van der Waals surface area contributed by atoms with Gasteiger partial charge < -0.3 is 24.7 Å². The molecule has 0 aromatic heterocycles. The molecule has 0 aliphatic carbocycles. The fourth-order valence-electron chi connectivity index (χ4n) is 2.44. The summed E-state index contributed by atoms with van der Waals surface area (Å²) in [6, 6.07) is 0. The minimum absolute atomic E-state index is 0.0516. The molecule has 2 rings (SSSR count). The van der Waals surface area contributed by atoms with Crippen LogP contribution in [-0.2, 0) is 24.0 Å². The molecule has 2 aliphatic rings. The molecule has 2 saturated heterocycles. The van der Waals surface area contributed by atoms with Gasteiger partial charge in [0, 0.05) is 38.1 Å². The number of aliphatic carboxylic acids is 2. The Labute approximate surface area is 145 Å². The van der Waals surface area contributed by atoms with E-state index >= 15 is 0 Å². The number of hydrogen-bond donors (Lipinski definition) is 2. The lowest BCUT2D eigenvalue weighted by Gasteiger charge is -2.36. The predicted octanol–water partition coefficient (Wildman–Crippen LogP) is 0.892. The van der Waals surface area contributed by atoms with Crippen molar-refractivity contribution in [2.45, 2.75) is 38.2 Å². The third kappa shape index (κ3) is 7.90. The molecule has 2 aliphatic heterocycles. The molecule has 9 nitrogen and oxygen atoms in total. The highest BCUT2D eigenvalue weighted by atomic mass is 16.7. The summed E-state index contributed by atoms with van der Waals surface area (Å²) in [4.78, 5) is 37.2. The van der Waals surface area contributed by atoms with Gasteiger partial charge in [0.1, 0.15) is 0 Å². The first-order valence-corrected chi connectivity index (χ1v) is 7.98. The molecule has 140 valence electrons. The fraction of sp³-hybridized carbons (Fsp3) is 0.625. The Balaban J connectivity index is 0.000000333. The summed E-state index contributed by atoms with van der Waals surface area (Å²) in [5.74, 6) is -2.80. The molecule has 0 saturated carbocycles. The van der Waals surface area contributed by atoms with Gasteiger partial charge in [-0.25, -0.2) is 14.4 Å². The minimum atomic E-state index is -1.26. The number of ether oxygens (including phenoxy) is 1. The lowest BCUT2D eigenvalue weighted by Crippen LogP contribution is -2.42. The number of carbonyl (C=O) groups excluding carboxylic acids is 1. The summed E-state index contributed by atoms with van der Waals surface area (Å²) in [5, 5.41) is 19.5. The first-order valence-electron chi connectivity index (χ1n) is 7.98. The third-order valence-corrected chi connectivity index (χ3v) is 3.90. The lowest BCUT2D eigenvalue weighted by molar-refractivity contribution is -0.143. The van der Waals surface area contributed by atoms with Gasteiger partial charge in [0.25, 0.3) is 0 Å². The van der Waals surface area contributed by atoms with E-state index in [0.29, 0.717) is 25.2 Å². The predicted molar refractivity (Wildman–Crippen MR) is 88.3 cm³/mol. The van der Waals surface area contributed by atoms with Crippen molar-refractivity contribution in [3.63, 3.8) is 0 Å². The number of carboxylic acid groups (broad SMARTS) is 2. The van der Waals surface area contributed by atoms with Crippen LogP contribution in [-0.4, -0.2) is 71.1 Å². The fourth-order valence-corrected chi connectivity index (χ4v) is 2.44. The van der Waals surface area contributed by atoms with E-state index < -0.39 is 11.9 Å². The van der Waals surface area contributed by atoms with Crippen molar-refractivity contribution < 1.29 is 34.2 Å². The molecule has 2 heterocycles. The van der Waals surface area contributed by atoms with Gasteiger partial charge in [-0.2, -0.15) is 0 Å². The molecule has 0 atom stereocenters. The standard InChI is InChI=1S/C12H20N2O3.C4H4O4/c1-3-11(15)17-13-10-8-12(16-9-10)4-6-14(2)7-5-12;5-3(6)1-2-4(7)8/h3-9H2,1-2H3;1-2H,(H,5,6)(H,7,8)/b13-10-;2-1-. The Hall–Kier alpha value is -2.26. The highest BCUT2D eigenvalue weighted by Crippen LogP contribution is 2.34. The average molecular weight is 356 g/mol. The zero-order valence-electron chi connectivity index (χ0n) is 14.4. The second kappa shape index (κ2) is 9.90. The highest BCUT2D eigenvalue weighted by molar-refractivity contribution is 5.89. The Morgan fingerprint density at radius 2 is 1.80 bits per heavy atom. The van der Waals surface area contributed by atoms with Crippen LogP contribution < -0.4 is 0 Å². The second-order valence-corrected chi connectivity index (χ2v) is 5.94. The van der Waals surface area contributed by atoms with Crippen molar-refractivity contribution in [2.75, 3.05) is 26.7 Å². The van der Waals surface area contributed by atoms with Crippen LogP contribution in [0.25, 0.3) is 0 Å². The van der Waals surface area contributed by atoms with E-state index in [4.69, 9.17) is 19.8 Å². The van der Waals surface area contributed by atoms with Gasteiger partial charge >= 0.3 is 17.9 Å². The van der Waals surface area contributed by atoms with Crippen LogP contribution in [0.15, 0.2) is 17.3 Å². The number of oxime groups is 1. The van der Waals surface area contributed by atoms with Gasteiger partial charge in [-0.05, 0) is 19.9 Å². The SMILES string of the molecule is CCC(=O)O/N=C1\COC2(CCN(C)CC2)C1.O=C(O)/C=C\C(=O)O. The summed E-state index contributed by atoms with van der Waals surface area (Å²) >= 11 is 0. The molecule has 0 amide bonds. The van der Waals surface area contributed by atoms with Crippen molar-refractivity contribution in [3.8, 4) is 0 Å². The zero-order chi connectivity index (χ0) is 18.9. The van der Waals surface area contributed by atoms with E-state index in [1.54, 1.807) is 6.92 Å². The van der Waals surface area contributed by atoms with Crippen LogP contribution in [0.2, 0.25) is 0 Å². The van der Waals surface area contributed by atoms with Crippen LogP contribution in [0.5, 0.6) is 0 Å². The Kier molecular flexibility index (Phi) is 8.23. The largest absolute Gasteiger partial charge is 0.478 e. The number of nitrogens with zero attached hydrogens (tertiary/aromatic N) is 2. The number of carboxylic acids is 2. The number of hydrogen-bond acceptors (Lipinski definition) is 7. The normalized spacial score (nSPS) is 21.1. The van der Waals surface area contributed by atoms with E-state index in [-0.39, 0.29) is 11.6 Å². The molecule has 2 fully saturated rings. The molecule has 1 spiro atoms. The lowest BCUT2D eigenvalue weighted by atomic mass is 9.88. The zero-order valence-corrected chi connectivity index (χ0v) is 14.4. The van der Waals surface area contributed by atoms with Crippen LogP contribution in [0.4, 0.5) is 0 Å². The van der Waals surface area contributed by atoms with Crippen molar-refractivity contribution in [2.24, 2.45) is 5.16 Å². The van der Waals surface area contributed by atoms with E-state index in [1.807, 2.05) is 0 Å². The number of piperidine rings is 1. The summed E-state index contributed by atoms with van der Waals surface area (Å²) in [5.41, 5.74) is 0.806. The van der Waals surface area contributed by atoms with Crippen LogP contribution in [0.3, 0.4) is 0 Å². The smallest absolute Gasteiger partial charge is 0.334 e. The Morgan fingerprint density at radius 1 is 1.24 bits per heavy atom. The topological polar surface area (TPSA) is 126 Å². The second-order valence-electron chi connectivity index (χ2n) is 5.94. The summed E-state index contributed by atoms with van der Waals surface area (Å²) < 4.78 is 5.86. The maximum atomic E-state index is 11.0. The molecule has 2 N–H and O–H groups in total. The maximum absolute atomic E-state index is 11.0. The molecule has 0 unspecified atom stereocenters. The summed E-state index contributed by atoms with van der Waals surface area (Å²) in [7, 11) is 2.12. The molecular weight excluding hydrogens is 332 g/mol. The van der Waals surface area contributed by atoms with Gasteiger partial charge in [-0.3, -0.25) is 0 Å². The highest BCUT2D eigenvalue weighted by Gasteiger charge is 2.40. The van der Waals surface area contributed by atoms with Crippen molar-refractivity contribution in [1.29, 1.82) is 0 Å². The molecule has 0 aromatic carbocycles. The van der Waals surface area contributed by atoms with Crippen molar-refractivity contribution in [3.05, 3.63) is 12.2 Å². The molecular formula is C16H24N2O7. The van der Waals surface area contributed by atoms with Crippen molar-refractivity contribution >= 4 is 23.6 Å². The minimum Gasteiger partial charge on any atom is -0.478 e. The van der Waals surface area contributed by atoms with E-state index in [0.717, 1.165) is 38.1 Å². The average Bonchev–Trinajstić information content (AvgIpc) is 2.97. The quantitative estimate of drug-likeness (QED) is 0.432. The van der Waals surface area contributed by atoms with Gasteiger partial charge in [-0.15, -0.1) is 0 Å². The maximum Gasteiger partial charge on any atom is 0.334 e. The first kappa shape index (κ1) is 20.8. The van der Waals surface area contributed by atoms with Crippen LogP contribution >= 0.6 is 0 Å². The Bertz CT molecular complexity index is 533. The molecule has 25 heavy (non-hydrogen) atoms. The Morgan fingerprint density at radius 3 is 2.28 bits per heavy atom. The van der Waals surface area contributed by atoms with E-state index in [2.05, 4.69) is 17.1 Å².